The maximum atomic E-state index is 14.1. The number of carbonyl (C=O) groups is 2. The van der Waals surface area contributed by atoms with E-state index in [1.165, 1.54) is 10.8 Å². The Morgan fingerprint density at radius 1 is 0.837 bits per heavy atom. The van der Waals surface area contributed by atoms with E-state index in [-0.39, 0.29) is 17.6 Å². The first kappa shape index (κ1) is 26.6. The highest BCUT2D eigenvalue weighted by Crippen LogP contribution is 2.34. The van der Waals surface area contributed by atoms with E-state index in [0.717, 1.165) is 33.5 Å². The molecule has 5 nitrogen and oxygen atoms in total. The van der Waals surface area contributed by atoms with Gasteiger partial charge in [0.05, 0.1) is 5.92 Å². The van der Waals surface area contributed by atoms with Crippen molar-refractivity contribution in [2.24, 2.45) is 0 Å². The lowest BCUT2D eigenvalue weighted by atomic mass is 9.85. The molecular weight excluding hydrogens is 530 g/mol. The number of hydrogen-bond acceptors (Lipinski definition) is 3. The molecule has 0 aliphatic carbocycles. The fourth-order valence-corrected chi connectivity index (χ4v) is 6.33. The number of carbonyl (C=O) groups excluding carboxylic acids is 2. The first-order chi connectivity index (χ1) is 21.1. The molecule has 6 aromatic rings. The number of hydrogen-bond donors (Lipinski definition) is 0. The number of Topliss-reactive ketones (excluding diaryl/α,β-unsaturated/α-hetero) is 1. The zero-order chi connectivity index (χ0) is 29.3. The number of nitrogens with zero attached hydrogens (tertiary/aromatic N) is 3. The molecule has 1 aliphatic heterocycles. The Hall–Kier alpha value is -5.29. The maximum Gasteiger partial charge on any atom is 0.270 e. The van der Waals surface area contributed by atoms with Crippen LogP contribution in [0, 0.1) is 0 Å². The normalized spacial score (nSPS) is 14.0. The number of amides is 1. The summed E-state index contributed by atoms with van der Waals surface area (Å²) >= 11 is 0. The van der Waals surface area contributed by atoms with Gasteiger partial charge in [-0.2, -0.15) is 0 Å². The van der Waals surface area contributed by atoms with Gasteiger partial charge in [-0.15, -0.1) is 0 Å². The number of pyridine rings is 1. The quantitative estimate of drug-likeness (QED) is 0.197. The molecule has 0 N–H and O–H groups in total. The molecule has 3 heterocycles. The van der Waals surface area contributed by atoms with Gasteiger partial charge in [-0.3, -0.25) is 14.6 Å². The highest BCUT2D eigenvalue weighted by molar-refractivity contribution is 6.03. The minimum Gasteiger partial charge on any atom is -0.336 e. The van der Waals surface area contributed by atoms with E-state index in [4.69, 9.17) is 0 Å². The van der Waals surface area contributed by atoms with Crippen molar-refractivity contribution in [1.82, 2.24) is 14.5 Å². The third-order valence-corrected chi connectivity index (χ3v) is 8.54. The summed E-state index contributed by atoms with van der Waals surface area (Å²) in [6.07, 6.45) is 4.04. The number of aromatic nitrogens is 2. The molecule has 4 aromatic carbocycles. The van der Waals surface area contributed by atoms with Gasteiger partial charge in [-0.25, -0.2) is 0 Å². The molecule has 0 spiro atoms. The molecule has 7 rings (SSSR count). The Morgan fingerprint density at radius 2 is 1.63 bits per heavy atom. The van der Waals surface area contributed by atoms with Gasteiger partial charge in [0.15, 0.2) is 5.78 Å². The van der Waals surface area contributed by atoms with Crippen LogP contribution in [0.15, 0.2) is 128 Å². The van der Waals surface area contributed by atoms with Crippen molar-refractivity contribution in [3.8, 4) is 11.1 Å². The monoisotopic (exact) mass is 561 g/mol. The van der Waals surface area contributed by atoms with Crippen molar-refractivity contribution >= 4 is 22.5 Å². The zero-order valence-electron chi connectivity index (χ0n) is 24.0. The highest BCUT2D eigenvalue weighted by atomic mass is 16.2. The van der Waals surface area contributed by atoms with Crippen LogP contribution in [0.4, 0.5) is 0 Å². The van der Waals surface area contributed by atoms with E-state index in [1.807, 2.05) is 55.6 Å². The van der Waals surface area contributed by atoms with Crippen molar-refractivity contribution in [3.05, 3.63) is 161 Å². The lowest BCUT2D eigenvalue weighted by molar-refractivity contribution is 0.0774. The molecule has 1 amide bonds. The molecule has 43 heavy (non-hydrogen) atoms. The highest BCUT2D eigenvalue weighted by Gasteiger charge is 2.30. The van der Waals surface area contributed by atoms with Crippen LogP contribution in [0.1, 0.15) is 49.1 Å². The Balaban J connectivity index is 1.19. The Kier molecular flexibility index (Phi) is 6.92. The third kappa shape index (κ3) is 5.04. The standard InChI is InChI=1S/C38H31N3O2/c1-40(24-26-8-7-21-39-23-26)38(43)36-20-19-31-22-35(34-13-5-3-10-30(34)25-41(31)36)37(42)29-17-15-28(16-18-29)33-14-6-11-27-9-2-4-12-32(27)33/h2-21,23,35H,22,24-25H2,1H3. The molecule has 0 saturated carbocycles. The summed E-state index contributed by atoms with van der Waals surface area (Å²) in [7, 11) is 1.81. The average molecular weight is 562 g/mol. The second kappa shape index (κ2) is 11.2. The van der Waals surface area contributed by atoms with E-state index in [0.29, 0.717) is 30.8 Å². The maximum absolute atomic E-state index is 14.1. The van der Waals surface area contributed by atoms with E-state index >= 15 is 0 Å². The topological polar surface area (TPSA) is 55.2 Å². The lowest BCUT2D eigenvalue weighted by Gasteiger charge is -2.19. The van der Waals surface area contributed by atoms with Gasteiger partial charge in [0, 0.05) is 50.2 Å². The van der Waals surface area contributed by atoms with Crippen LogP contribution >= 0.6 is 0 Å². The van der Waals surface area contributed by atoms with Crippen LogP contribution in [0.25, 0.3) is 21.9 Å². The van der Waals surface area contributed by atoms with Gasteiger partial charge in [0.2, 0.25) is 0 Å². The van der Waals surface area contributed by atoms with Crippen molar-refractivity contribution in [2.45, 2.75) is 25.4 Å². The van der Waals surface area contributed by atoms with Gasteiger partial charge in [0.25, 0.3) is 5.91 Å². The van der Waals surface area contributed by atoms with Crippen molar-refractivity contribution < 1.29 is 9.59 Å². The molecule has 5 heteroatoms. The molecule has 2 aromatic heterocycles. The van der Waals surface area contributed by atoms with Crippen LogP contribution < -0.4 is 0 Å². The first-order valence-electron chi connectivity index (χ1n) is 14.6. The second-order valence-corrected chi connectivity index (χ2v) is 11.2. The summed E-state index contributed by atoms with van der Waals surface area (Å²) in [4.78, 5) is 33.6. The number of rotatable bonds is 6. The fourth-order valence-electron chi connectivity index (χ4n) is 6.33. The molecule has 0 saturated heterocycles. The average Bonchev–Trinajstić information content (AvgIpc) is 3.37. The number of fused-ring (bicyclic) bond motifs is 3. The van der Waals surface area contributed by atoms with Gasteiger partial charge < -0.3 is 9.47 Å². The molecule has 1 atom stereocenters. The zero-order valence-corrected chi connectivity index (χ0v) is 24.0. The molecule has 1 aliphatic rings. The van der Waals surface area contributed by atoms with Crippen LogP contribution in [-0.2, 0) is 19.5 Å². The van der Waals surface area contributed by atoms with Crippen molar-refractivity contribution in [3.63, 3.8) is 0 Å². The lowest BCUT2D eigenvalue weighted by Crippen LogP contribution is -2.28. The summed E-state index contributed by atoms with van der Waals surface area (Å²) in [5, 5.41) is 2.39. The Labute approximate surface area is 251 Å². The third-order valence-electron chi connectivity index (χ3n) is 8.54. The molecule has 0 radical (unpaired) electrons. The predicted octanol–water partition coefficient (Wildman–Crippen LogP) is 7.55. The molecule has 0 fully saturated rings. The van der Waals surface area contributed by atoms with Crippen molar-refractivity contribution in [1.29, 1.82) is 0 Å². The summed E-state index contributed by atoms with van der Waals surface area (Å²) in [5.41, 5.74) is 7.61. The summed E-state index contributed by atoms with van der Waals surface area (Å²) < 4.78 is 2.08. The summed E-state index contributed by atoms with van der Waals surface area (Å²) in [5.74, 6) is -0.304. The molecule has 0 bridgehead atoms. The molecule has 1 unspecified atom stereocenters. The van der Waals surface area contributed by atoms with Crippen LogP contribution in [0.5, 0.6) is 0 Å². The van der Waals surface area contributed by atoms with Gasteiger partial charge in [0.1, 0.15) is 5.69 Å². The number of benzene rings is 4. The van der Waals surface area contributed by atoms with Crippen LogP contribution in [0.3, 0.4) is 0 Å². The van der Waals surface area contributed by atoms with Gasteiger partial charge in [-0.1, -0.05) is 97.1 Å². The molecular formula is C38H31N3O2. The minimum absolute atomic E-state index is 0.0543. The van der Waals surface area contributed by atoms with Crippen LogP contribution in [0.2, 0.25) is 0 Å². The fraction of sp³-hybridized carbons (Fsp3) is 0.132. The van der Waals surface area contributed by atoms with E-state index in [2.05, 4.69) is 76.3 Å². The predicted molar refractivity (Wildman–Crippen MR) is 170 cm³/mol. The Morgan fingerprint density at radius 3 is 2.47 bits per heavy atom. The molecule has 210 valence electrons. The SMILES string of the molecule is CN(Cc1cccnc1)C(=O)c1ccc2n1Cc1ccccc1C(C(=O)c1ccc(-c3cccc4ccccc34)cc1)C2. The van der Waals surface area contributed by atoms with E-state index in [1.54, 1.807) is 17.3 Å². The first-order valence-corrected chi connectivity index (χ1v) is 14.6. The van der Waals surface area contributed by atoms with Crippen LogP contribution in [-0.4, -0.2) is 33.2 Å². The van der Waals surface area contributed by atoms with Gasteiger partial charge >= 0.3 is 0 Å². The summed E-state index contributed by atoms with van der Waals surface area (Å²) in [6, 6.07) is 38.6. The minimum atomic E-state index is -0.341. The van der Waals surface area contributed by atoms with Gasteiger partial charge in [-0.05, 0) is 56.8 Å². The summed E-state index contributed by atoms with van der Waals surface area (Å²) in [6.45, 7) is 1.02. The largest absolute Gasteiger partial charge is 0.336 e. The Bertz CT molecular complexity index is 1950. The smallest absolute Gasteiger partial charge is 0.270 e. The van der Waals surface area contributed by atoms with E-state index in [9.17, 15) is 9.59 Å². The number of ketones is 1. The van der Waals surface area contributed by atoms with E-state index < -0.39 is 0 Å². The van der Waals surface area contributed by atoms with Crippen molar-refractivity contribution in [2.75, 3.05) is 7.05 Å². The second-order valence-electron chi connectivity index (χ2n) is 11.2.